The number of rotatable bonds is 4. The molecule has 2 aliphatic heterocycles. The second kappa shape index (κ2) is 9.85. The number of halogens is 1. The van der Waals surface area contributed by atoms with E-state index in [2.05, 4.69) is 11.1 Å². The minimum absolute atomic E-state index is 0.0810. The standard InChI is InChI=1S/C26H26FN5O4/c1-17-4-5-19(15-20(17)27)25(34)31-12-10-30(11-13-31)24(33)18-6-8-32(9-7-18)26-21(16-28)29-23(36-26)22-3-2-14-35-22/h2-5,14-15,18H,6-13H2,1H3. The Morgan fingerprint density at radius 1 is 1.08 bits per heavy atom. The van der Waals surface area contributed by atoms with Crippen LogP contribution in [0.25, 0.3) is 11.7 Å². The van der Waals surface area contributed by atoms with Crippen molar-refractivity contribution in [2.75, 3.05) is 44.2 Å². The van der Waals surface area contributed by atoms with E-state index in [1.54, 1.807) is 36.1 Å². The van der Waals surface area contributed by atoms with Crippen molar-refractivity contribution in [3.05, 3.63) is 59.2 Å². The first kappa shape index (κ1) is 23.6. The molecule has 0 atom stereocenters. The monoisotopic (exact) mass is 491 g/mol. The molecule has 0 bridgehead atoms. The average molecular weight is 492 g/mol. The summed E-state index contributed by atoms with van der Waals surface area (Å²) in [4.78, 5) is 35.6. The fourth-order valence-electron chi connectivity index (χ4n) is 4.73. The zero-order valence-electron chi connectivity index (χ0n) is 19.9. The van der Waals surface area contributed by atoms with Gasteiger partial charge in [-0.25, -0.2) is 4.39 Å². The van der Waals surface area contributed by atoms with Gasteiger partial charge in [0.25, 0.3) is 11.8 Å². The van der Waals surface area contributed by atoms with Crippen LogP contribution >= 0.6 is 0 Å². The third-order valence-electron chi connectivity index (χ3n) is 6.88. The highest BCUT2D eigenvalue weighted by Gasteiger charge is 2.33. The number of benzene rings is 1. The lowest BCUT2D eigenvalue weighted by molar-refractivity contribution is -0.137. The van der Waals surface area contributed by atoms with Crippen molar-refractivity contribution in [3.63, 3.8) is 0 Å². The smallest absolute Gasteiger partial charge is 0.266 e. The third kappa shape index (κ3) is 4.56. The number of aryl methyl sites for hydroxylation is 1. The molecule has 2 amide bonds. The zero-order chi connectivity index (χ0) is 25.2. The van der Waals surface area contributed by atoms with E-state index in [0.717, 1.165) is 0 Å². The summed E-state index contributed by atoms with van der Waals surface area (Å²) in [5, 5.41) is 9.49. The Hall–Kier alpha value is -4.13. The summed E-state index contributed by atoms with van der Waals surface area (Å²) in [6, 6.07) is 10.0. The summed E-state index contributed by atoms with van der Waals surface area (Å²) in [5.74, 6) is 0.437. The van der Waals surface area contributed by atoms with Crippen molar-refractivity contribution in [2.24, 2.45) is 5.92 Å². The number of hydrogen-bond donors (Lipinski definition) is 0. The molecule has 0 unspecified atom stereocenters. The van der Waals surface area contributed by atoms with Crippen molar-refractivity contribution >= 4 is 17.7 Å². The van der Waals surface area contributed by atoms with Gasteiger partial charge in [-0.1, -0.05) is 6.07 Å². The molecule has 9 nitrogen and oxygen atoms in total. The number of carbonyl (C=O) groups is 2. The predicted molar refractivity (Wildman–Crippen MR) is 127 cm³/mol. The molecular weight excluding hydrogens is 465 g/mol. The molecule has 2 aliphatic rings. The number of aromatic nitrogens is 1. The van der Waals surface area contributed by atoms with E-state index in [9.17, 15) is 19.2 Å². The summed E-state index contributed by atoms with van der Waals surface area (Å²) < 4.78 is 25.0. The van der Waals surface area contributed by atoms with Gasteiger partial charge in [0.05, 0.1) is 6.26 Å². The fraction of sp³-hybridized carbons (Fsp3) is 0.385. The Labute approximate surface area is 207 Å². The first-order valence-electron chi connectivity index (χ1n) is 12.0. The Kier molecular flexibility index (Phi) is 6.46. The molecular formula is C26H26FN5O4. The topological polar surface area (TPSA) is 107 Å². The van der Waals surface area contributed by atoms with Crippen LogP contribution < -0.4 is 4.90 Å². The number of amides is 2. The van der Waals surface area contributed by atoms with E-state index in [4.69, 9.17) is 8.83 Å². The largest absolute Gasteiger partial charge is 0.459 e. The number of oxazole rings is 1. The quantitative estimate of drug-likeness (QED) is 0.550. The second-order valence-corrected chi connectivity index (χ2v) is 9.10. The van der Waals surface area contributed by atoms with Crippen molar-refractivity contribution in [1.82, 2.24) is 14.8 Å². The number of piperazine rings is 1. The normalized spacial score (nSPS) is 16.8. The molecule has 5 rings (SSSR count). The van der Waals surface area contributed by atoms with Crippen molar-refractivity contribution in [3.8, 4) is 17.7 Å². The maximum Gasteiger partial charge on any atom is 0.266 e. The van der Waals surface area contributed by atoms with Crippen molar-refractivity contribution in [1.29, 1.82) is 5.26 Å². The van der Waals surface area contributed by atoms with E-state index in [1.165, 1.54) is 12.3 Å². The van der Waals surface area contributed by atoms with Gasteiger partial charge < -0.3 is 23.5 Å². The van der Waals surface area contributed by atoms with Gasteiger partial charge in [-0.05, 0) is 49.6 Å². The number of nitrogens with zero attached hydrogens (tertiary/aromatic N) is 5. The van der Waals surface area contributed by atoms with Crippen LogP contribution in [0.2, 0.25) is 0 Å². The van der Waals surface area contributed by atoms with Crippen molar-refractivity contribution in [2.45, 2.75) is 19.8 Å². The summed E-state index contributed by atoms with van der Waals surface area (Å²) in [6.45, 7) is 4.52. The first-order valence-corrected chi connectivity index (χ1v) is 12.0. The zero-order valence-corrected chi connectivity index (χ0v) is 19.9. The predicted octanol–water partition coefficient (Wildman–Crippen LogP) is 3.45. The summed E-state index contributed by atoms with van der Waals surface area (Å²) in [6.07, 6.45) is 2.77. The molecule has 0 saturated carbocycles. The summed E-state index contributed by atoms with van der Waals surface area (Å²) >= 11 is 0. The molecule has 36 heavy (non-hydrogen) atoms. The lowest BCUT2D eigenvalue weighted by Gasteiger charge is -2.38. The molecule has 0 spiro atoms. The van der Waals surface area contributed by atoms with E-state index in [0.29, 0.717) is 74.9 Å². The maximum atomic E-state index is 13.9. The minimum Gasteiger partial charge on any atom is -0.459 e. The lowest BCUT2D eigenvalue weighted by Crippen LogP contribution is -2.53. The SMILES string of the molecule is Cc1ccc(C(=O)N2CCN(C(=O)C3CCN(c4oc(-c5ccco5)nc4C#N)CC3)CC2)cc1F. The second-order valence-electron chi connectivity index (χ2n) is 9.10. The van der Waals surface area contributed by atoms with Gasteiger partial charge >= 0.3 is 0 Å². The molecule has 0 radical (unpaired) electrons. The van der Waals surface area contributed by atoms with Gasteiger partial charge in [0.1, 0.15) is 11.9 Å². The minimum atomic E-state index is -0.398. The Bertz CT molecular complexity index is 1300. The molecule has 3 aromatic rings. The third-order valence-corrected chi connectivity index (χ3v) is 6.88. The number of piperidine rings is 1. The van der Waals surface area contributed by atoms with Crippen LogP contribution in [0.5, 0.6) is 0 Å². The lowest BCUT2D eigenvalue weighted by atomic mass is 9.95. The molecule has 2 saturated heterocycles. The first-order chi connectivity index (χ1) is 17.4. The summed E-state index contributed by atoms with van der Waals surface area (Å²) in [5.41, 5.74) is 1.02. The highest BCUT2D eigenvalue weighted by Crippen LogP contribution is 2.31. The number of nitriles is 1. The van der Waals surface area contributed by atoms with Crippen LogP contribution in [0, 0.1) is 30.0 Å². The molecule has 10 heteroatoms. The van der Waals surface area contributed by atoms with Gasteiger partial charge in [0.2, 0.25) is 17.5 Å². The molecule has 2 aromatic heterocycles. The van der Waals surface area contributed by atoms with Gasteiger partial charge in [-0.15, -0.1) is 0 Å². The summed E-state index contributed by atoms with van der Waals surface area (Å²) in [7, 11) is 0. The highest BCUT2D eigenvalue weighted by molar-refractivity contribution is 5.94. The molecule has 4 heterocycles. The molecule has 0 aliphatic carbocycles. The number of hydrogen-bond acceptors (Lipinski definition) is 7. The van der Waals surface area contributed by atoms with Crippen molar-refractivity contribution < 1.29 is 22.8 Å². The Morgan fingerprint density at radius 3 is 2.44 bits per heavy atom. The van der Waals surface area contributed by atoms with Crippen LogP contribution in [0.4, 0.5) is 10.3 Å². The number of carbonyl (C=O) groups excluding carboxylic acids is 2. The molecule has 0 N–H and O–H groups in total. The fourth-order valence-corrected chi connectivity index (χ4v) is 4.73. The maximum absolute atomic E-state index is 13.9. The Balaban J connectivity index is 1.15. The highest BCUT2D eigenvalue weighted by atomic mass is 19.1. The van der Waals surface area contributed by atoms with Gasteiger partial charge in [0.15, 0.2) is 5.76 Å². The molecule has 1 aromatic carbocycles. The average Bonchev–Trinajstić information content (AvgIpc) is 3.60. The molecule has 2 fully saturated rings. The van der Waals surface area contributed by atoms with Gasteiger partial charge in [0, 0.05) is 50.7 Å². The van der Waals surface area contributed by atoms with E-state index < -0.39 is 5.82 Å². The van der Waals surface area contributed by atoms with Crippen LogP contribution in [0.3, 0.4) is 0 Å². The van der Waals surface area contributed by atoms with Crippen LogP contribution in [0.1, 0.15) is 34.5 Å². The number of furan rings is 1. The number of anilines is 1. The van der Waals surface area contributed by atoms with E-state index in [-0.39, 0.29) is 29.3 Å². The van der Waals surface area contributed by atoms with Crippen LogP contribution in [0.15, 0.2) is 45.4 Å². The van der Waals surface area contributed by atoms with Gasteiger partial charge in [-0.2, -0.15) is 10.2 Å². The van der Waals surface area contributed by atoms with Crippen LogP contribution in [-0.4, -0.2) is 65.9 Å². The Morgan fingerprint density at radius 2 is 1.81 bits per heavy atom. The van der Waals surface area contributed by atoms with E-state index >= 15 is 0 Å². The molecule has 186 valence electrons. The van der Waals surface area contributed by atoms with Gasteiger partial charge in [-0.3, -0.25) is 9.59 Å². The van der Waals surface area contributed by atoms with Crippen LogP contribution in [-0.2, 0) is 4.79 Å². The van der Waals surface area contributed by atoms with E-state index in [1.807, 2.05) is 9.80 Å².